The maximum atomic E-state index is 2.50. The van der Waals surface area contributed by atoms with Gasteiger partial charge in [0.05, 0.1) is 0 Å². The highest BCUT2D eigenvalue weighted by atomic mass is 31.1. The monoisotopic (exact) mass is 366 g/mol. The van der Waals surface area contributed by atoms with E-state index in [-0.39, 0.29) is 7.92 Å². The molecule has 26 heavy (non-hydrogen) atoms. The second kappa shape index (κ2) is 8.26. The van der Waals surface area contributed by atoms with Crippen molar-refractivity contribution in [2.45, 2.75) is 72.1 Å². The summed E-state index contributed by atoms with van der Waals surface area (Å²) in [5.74, 6) is 1.67. The van der Waals surface area contributed by atoms with Crippen molar-refractivity contribution in [2.75, 3.05) is 12.3 Å². The van der Waals surface area contributed by atoms with E-state index in [0.29, 0.717) is 17.8 Å². The Morgan fingerprint density at radius 2 is 1.27 bits per heavy atom. The van der Waals surface area contributed by atoms with Crippen molar-refractivity contribution in [3.63, 3.8) is 0 Å². The highest BCUT2D eigenvalue weighted by molar-refractivity contribution is 7.66. The highest BCUT2D eigenvalue weighted by Crippen LogP contribution is 2.47. The number of benzene rings is 2. The van der Waals surface area contributed by atoms with Gasteiger partial charge in [0.25, 0.3) is 0 Å². The van der Waals surface area contributed by atoms with Crippen LogP contribution in [-0.4, -0.2) is 12.3 Å². The van der Waals surface area contributed by atoms with Crippen LogP contribution in [0.5, 0.6) is 0 Å². The van der Waals surface area contributed by atoms with Crippen molar-refractivity contribution in [2.24, 2.45) is 0 Å². The molecule has 3 rings (SSSR count). The zero-order valence-corrected chi connectivity index (χ0v) is 18.4. The largest absolute Gasteiger partial charge is 0.0746 e. The standard InChI is InChI=1S/C25H35P/c1-17(2)20-15-22(18(3)4)25(23(16-20)19(5)6)21-11-7-8-12-24(21)26-13-9-10-14-26/h7-8,11-12,15-19H,9-10,13-14H2,1-6H3. The van der Waals surface area contributed by atoms with Gasteiger partial charge in [-0.1, -0.05) is 85.9 Å². The Bertz CT molecular complexity index is 719. The van der Waals surface area contributed by atoms with Crippen LogP contribution in [0.4, 0.5) is 0 Å². The molecular weight excluding hydrogens is 331 g/mol. The normalized spacial score (nSPS) is 15.6. The molecule has 0 nitrogen and oxygen atoms in total. The first-order valence-electron chi connectivity index (χ1n) is 10.4. The first-order chi connectivity index (χ1) is 12.4. The predicted molar refractivity (Wildman–Crippen MR) is 120 cm³/mol. The minimum Gasteiger partial charge on any atom is -0.0746 e. The van der Waals surface area contributed by atoms with E-state index in [1.54, 1.807) is 22.0 Å². The summed E-state index contributed by atoms with van der Waals surface area (Å²) < 4.78 is 0. The Hall–Kier alpha value is -1.13. The van der Waals surface area contributed by atoms with E-state index in [9.17, 15) is 0 Å². The van der Waals surface area contributed by atoms with Gasteiger partial charge in [-0.15, -0.1) is 0 Å². The Kier molecular flexibility index (Phi) is 6.24. The van der Waals surface area contributed by atoms with Crippen molar-refractivity contribution in [3.05, 3.63) is 53.1 Å². The van der Waals surface area contributed by atoms with E-state index in [4.69, 9.17) is 0 Å². The van der Waals surface area contributed by atoms with E-state index in [0.717, 1.165) is 0 Å². The third kappa shape index (κ3) is 3.91. The molecule has 140 valence electrons. The molecule has 0 spiro atoms. The smallest absolute Gasteiger partial charge is 0.0101 e. The van der Waals surface area contributed by atoms with Gasteiger partial charge in [0.15, 0.2) is 0 Å². The van der Waals surface area contributed by atoms with Crippen molar-refractivity contribution >= 4 is 13.2 Å². The van der Waals surface area contributed by atoms with Gasteiger partial charge >= 0.3 is 0 Å². The van der Waals surface area contributed by atoms with E-state index >= 15 is 0 Å². The lowest BCUT2D eigenvalue weighted by Crippen LogP contribution is -2.11. The van der Waals surface area contributed by atoms with E-state index < -0.39 is 0 Å². The fourth-order valence-electron chi connectivity index (χ4n) is 4.19. The molecule has 1 aliphatic heterocycles. The first kappa shape index (κ1) is 19.6. The quantitative estimate of drug-likeness (QED) is 0.477. The van der Waals surface area contributed by atoms with Gasteiger partial charge in [0.2, 0.25) is 0 Å². The van der Waals surface area contributed by atoms with Gasteiger partial charge in [-0.25, -0.2) is 0 Å². The topological polar surface area (TPSA) is 0 Å². The second-order valence-electron chi connectivity index (χ2n) is 8.75. The Morgan fingerprint density at radius 3 is 1.77 bits per heavy atom. The molecule has 2 aromatic carbocycles. The summed E-state index contributed by atoms with van der Waals surface area (Å²) in [6.07, 6.45) is 5.68. The number of hydrogen-bond donors (Lipinski definition) is 0. The molecule has 0 saturated carbocycles. The van der Waals surface area contributed by atoms with Gasteiger partial charge in [0.1, 0.15) is 0 Å². The van der Waals surface area contributed by atoms with Gasteiger partial charge in [0, 0.05) is 0 Å². The third-order valence-corrected chi connectivity index (χ3v) is 8.54. The minimum atomic E-state index is 0.0319. The number of hydrogen-bond acceptors (Lipinski definition) is 0. The van der Waals surface area contributed by atoms with Crippen molar-refractivity contribution in [3.8, 4) is 11.1 Å². The SMILES string of the molecule is CC(C)c1cc(C(C)C)c(-c2ccccc2P2CCCC2)c(C(C)C)c1. The zero-order valence-electron chi connectivity index (χ0n) is 17.5. The molecule has 1 heteroatoms. The van der Waals surface area contributed by atoms with Crippen LogP contribution in [0.25, 0.3) is 11.1 Å². The Morgan fingerprint density at radius 1 is 0.731 bits per heavy atom. The van der Waals surface area contributed by atoms with Crippen LogP contribution in [-0.2, 0) is 0 Å². The Balaban J connectivity index is 2.27. The number of rotatable bonds is 5. The lowest BCUT2D eigenvalue weighted by atomic mass is 9.82. The van der Waals surface area contributed by atoms with Crippen molar-refractivity contribution in [1.29, 1.82) is 0 Å². The summed E-state index contributed by atoms with van der Waals surface area (Å²) in [7, 11) is 0.0319. The maximum Gasteiger partial charge on any atom is -0.0101 e. The van der Waals surface area contributed by atoms with Crippen molar-refractivity contribution in [1.82, 2.24) is 0 Å². The van der Waals surface area contributed by atoms with E-state index in [1.807, 2.05) is 0 Å². The van der Waals surface area contributed by atoms with Crippen molar-refractivity contribution < 1.29 is 0 Å². The van der Waals surface area contributed by atoms with Crippen LogP contribution in [0.15, 0.2) is 36.4 Å². The van der Waals surface area contributed by atoms with Gasteiger partial charge in [-0.2, -0.15) is 0 Å². The summed E-state index contributed by atoms with van der Waals surface area (Å²) in [6.45, 7) is 14.1. The minimum absolute atomic E-state index is 0.0319. The molecule has 1 saturated heterocycles. The van der Waals surface area contributed by atoms with Crippen LogP contribution in [0.3, 0.4) is 0 Å². The summed E-state index contributed by atoms with van der Waals surface area (Å²) in [6, 6.07) is 14.3. The molecule has 0 atom stereocenters. The lowest BCUT2D eigenvalue weighted by Gasteiger charge is -2.26. The summed E-state index contributed by atoms with van der Waals surface area (Å²) in [5, 5.41) is 1.65. The molecular formula is C25H35P. The summed E-state index contributed by atoms with van der Waals surface area (Å²) in [5.41, 5.74) is 7.65. The van der Waals surface area contributed by atoms with Crippen LogP contribution in [0.1, 0.15) is 88.8 Å². The van der Waals surface area contributed by atoms with Gasteiger partial charge in [-0.05, 0) is 76.0 Å². The fraction of sp³-hybridized carbons (Fsp3) is 0.520. The molecule has 2 aromatic rings. The molecule has 1 fully saturated rings. The maximum absolute atomic E-state index is 2.50. The van der Waals surface area contributed by atoms with Gasteiger partial charge in [-0.3, -0.25) is 0 Å². The predicted octanol–water partition coefficient (Wildman–Crippen LogP) is 7.62. The van der Waals surface area contributed by atoms with E-state index in [1.165, 1.54) is 36.3 Å². The molecule has 0 bridgehead atoms. The highest BCUT2D eigenvalue weighted by Gasteiger charge is 2.24. The molecule has 0 radical (unpaired) electrons. The molecule has 0 N–H and O–H groups in total. The summed E-state index contributed by atoms with van der Waals surface area (Å²) >= 11 is 0. The summed E-state index contributed by atoms with van der Waals surface area (Å²) in [4.78, 5) is 0. The Labute approximate surface area is 162 Å². The average Bonchev–Trinajstić information content (AvgIpc) is 3.14. The third-order valence-electron chi connectivity index (χ3n) is 5.75. The van der Waals surface area contributed by atoms with Gasteiger partial charge < -0.3 is 0 Å². The van der Waals surface area contributed by atoms with Crippen LogP contribution >= 0.6 is 7.92 Å². The molecule has 0 aliphatic carbocycles. The average molecular weight is 367 g/mol. The van der Waals surface area contributed by atoms with Crippen LogP contribution < -0.4 is 5.30 Å². The molecule has 0 aromatic heterocycles. The molecule has 0 amide bonds. The van der Waals surface area contributed by atoms with E-state index in [2.05, 4.69) is 77.9 Å². The lowest BCUT2D eigenvalue weighted by molar-refractivity contribution is 0.808. The molecule has 1 heterocycles. The zero-order chi connectivity index (χ0) is 18.8. The molecule has 0 unspecified atom stereocenters. The second-order valence-corrected chi connectivity index (χ2v) is 11.2. The fourth-order valence-corrected chi connectivity index (χ4v) is 6.93. The first-order valence-corrected chi connectivity index (χ1v) is 12.1. The molecule has 1 aliphatic rings. The van der Waals surface area contributed by atoms with Crippen LogP contribution in [0.2, 0.25) is 0 Å². The van der Waals surface area contributed by atoms with Crippen LogP contribution in [0, 0.1) is 0 Å².